The summed E-state index contributed by atoms with van der Waals surface area (Å²) >= 11 is 0. The minimum Gasteiger partial charge on any atom is -0.497 e. The van der Waals surface area contributed by atoms with E-state index in [1.54, 1.807) is 43.3 Å². The molecule has 1 N–H and O–H groups in total. The first-order valence-corrected chi connectivity index (χ1v) is 14.2. The molecule has 0 unspecified atom stereocenters. The molecule has 0 saturated carbocycles. The number of ether oxygens (including phenoxy) is 1. The molecule has 1 atom stereocenters. The summed E-state index contributed by atoms with van der Waals surface area (Å²) in [6.45, 7) is 8.82. The molecule has 9 heteroatoms. The second-order valence-electron chi connectivity index (χ2n) is 9.87. The number of anilines is 1. The lowest BCUT2D eigenvalue weighted by atomic mass is 10.1. The summed E-state index contributed by atoms with van der Waals surface area (Å²) in [5, 5.41) is 2.85. The Balaban J connectivity index is 2.03. The fourth-order valence-corrected chi connectivity index (χ4v) is 5.41. The van der Waals surface area contributed by atoms with Crippen LogP contribution >= 0.6 is 0 Å². The van der Waals surface area contributed by atoms with Crippen molar-refractivity contribution < 1.29 is 22.7 Å². The molecule has 3 aromatic rings. The van der Waals surface area contributed by atoms with Crippen LogP contribution in [0, 0.1) is 13.8 Å². The zero-order valence-electron chi connectivity index (χ0n) is 23.3. The summed E-state index contributed by atoms with van der Waals surface area (Å²) in [6, 6.07) is 19.6. The van der Waals surface area contributed by atoms with Crippen LogP contribution in [0.25, 0.3) is 0 Å². The average molecular weight is 552 g/mol. The van der Waals surface area contributed by atoms with Gasteiger partial charge in [-0.3, -0.25) is 13.9 Å². The Hall–Kier alpha value is -3.85. The highest BCUT2D eigenvalue weighted by Gasteiger charge is 2.32. The van der Waals surface area contributed by atoms with Gasteiger partial charge in [-0.1, -0.05) is 47.5 Å². The van der Waals surface area contributed by atoms with Crippen molar-refractivity contribution in [3.8, 4) is 5.75 Å². The van der Waals surface area contributed by atoms with Gasteiger partial charge in [-0.25, -0.2) is 8.42 Å². The van der Waals surface area contributed by atoms with Crippen molar-refractivity contribution in [2.75, 3.05) is 18.0 Å². The minimum absolute atomic E-state index is 0.0624. The van der Waals surface area contributed by atoms with E-state index in [0.29, 0.717) is 11.4 Å². The maximum Gasteiger partial charge on any atom is 0.264 e. The number of nitrogens with one attached hydrogen (secondary N) is 1. The molecule has 0 spiro atoms. The summed E-state index contributed by atoms with van der Waals surface area (Å²) in [4.78, 5) is 28.4. The average Bonchev–Trinajstić information content (AvgIpc) is 2.90. The number of amides is 2. The molecule has 2 amide bonds. The monoisotopic (exact) mass is 551 g/mol. The van der Waals surface area contributed by atoms with Crippen molar-refractivity contribution in [3.63, 3.8) is 0 Å². The molecule has 8 nitrogen and oxygen atoms in total. The van der Waals surface area contributed by atoms with Gasteiger partial charge in [0.25, 0.3) is 10.0 Å². The predicted octanol–water partition coefficient (Wildman–Crippen LogP) is 4.45. The second-order valence-corrected chi connectivity index (χ2v) is 11.7. The Labute approximate surface area is 231 Å². The fourth-order valence-electron chi connectivity index (χ4n) is 3.99. The second kappa shape index (κ2) is 12.8. The first kappa shape index (κ1) is 29.7. The maximum atomic E-state index is 13.9. The minimum atomic E-state index is -4.12. The quantitative estimate of drug-likeness (QED) is 0.380. The normalized spacial score (nSPS) is 12.1. The highest BCUT2D eigenvalue weighted by Crippen LogP contribution is 2.27. The van der Waals surface area contributed by atoms with Crippen LogP contribution in [0.3, 0.4) is 0 Å². The van der Waals surface area contributed by atoms with Crippen LogP contribution in [0.1, 0.15) is 37.5 Å². The van der Waals surface area contributed by atoms with E-state index in [0.717, 1.165) is 21.0 Å². The highest BCUT2D eigenvalue weighted by molar-refractivity contribution is 7.92. The van der Waals surface area contributed by atoms with Crippen molar-refractivity contribution in [3.05, 3.63) is 89.5 Å². The third-order valence-electron chi connectivity index (χ3n) is 6.32. The Kier molecular flexibility index (Phi) is 9.75. The predicted molar refractivity (Wildman–Crippen MR) is 153 cm³/mol. The molecule has 0 aliphatic carbocycles. The smallest absolute Gasteiger partial charge is 0.264 e. The van der Waals surface area contributed by atoms with Crippen LogP contribution in [-0.2, 0) is 26.2 Å². The Morgan fingerprint density at radius 2 is 1.38 bits per heavy atom. The molecule has 0 saturated heterocycles. The van der Waals surface area contributed by atoms with Crippen molar-refractivity contribution >= 4 is 27.5 Å². The third-order valence-corrected chi connectivity index (χ3v) is 8.11. The zero-order chi connectivity index (χ0) is 28.7. The van der Waals surface area contributed by atoms with E-state index in [1.165, 1.54) is 24.1 Å². The number of carbonyl (C=O) groups excluding carboxylic acids is 2. The van der Waals surface area contributed by atoms with Crippen molar-refractivity contribution in [2.24, 2.45) is 0 Å². The molecule has 0 fully saturated rings. The number of carbonyl (C=O) groups is 2. The molecule has 3 aromatic carbocycles. The fraction of sp³-hybridized carbons (Fsp3) is 0.333. The van der Waals surface area contributed by atoms with Gasteiger partial charge in [-0.2, -0.15) is 0 Å². The lowest BCUT2D eigenvalue weighted by molar-refractivity contribution is -0.139. The van der Waals surface area contributed by atoms with Gasteiger partial charge in [0, 0.05) is 12.6 Å². The summed E-state index contributed by atoms with van der Waals surface area (Å²) in [5.74, 6) is -0.269. The third kappa shape index (κ3) is 7.60. The number of aryl methyl sites for hydroxylation is 2. The van der Waals surface area contributed by atoms with E-state index >= 15 is 0 Å². The van der Waals surface area contributed by atoms with Gasteiger partial charge in [0.2, 0.25) is 11.8 Å². The van der Waals surface area contributed by atoms with Gasteiger partial charge in [0.05, 0.1) is 17.7 Å². The Bertz CT molecular complexity index is 1370. The van der Waals surface area contributed by atoms with Gasteiger partial charge in [-0.05, 0) is 76.6 Å². The number of rotatable bonds is 11. The molecule has 0 bridgehead atoms. The van der Waals surface area contributed by atoms with Crippen LogP contribution in [0.15, 0.2) is 77.7 Å². The van der Waals surface area contributed by atoms with Crippen LogP contribution < -0.4 is 14.4 Å². The molecule has 208 valence electrons. The lowest BCUT2D eigenvalue weighted by Crippen LogP contribution is -2.52. The molecule has 0 heterocycles. The van der Waals surface area contributed by atoms with Gasteiger partial charge < -0.3 is 15.0 Å². The van der Waals surface area contributed by atoms with E-state index in [4.69, 9.17) is 4.74 Å². The Morgan fingerprint density at radius 1 is 0.846 bits per heavy atom. The molecule has 0 aliphatic rings. The highest BCUT2D eigenvalue weighted by atomic mass is 32.2. The summed E-state index contributed by atoms with van der Waals surface area (Å²) in [6.07, 6.45) is 0. The van der Waals surface area contributed by atoms with Gasteiger partial charge in [0.1, 0.15) is 18.3 Å². The molecular formula is C30H37N3O5S. The van der Waals surface area contributed by atoms with E-state index in [-0.39, 0.29) is 23.4 Å². The number of methoxy groups -OCH3 is 1. The largest absolute Gasteiger partial charge is 0.497 e. The SMILES string of the molecule is COc1ccc(N(CC(=O)N(Cc2ccc(C)cc2)[C@H](C)C(=O)NC(C)C)S(=O)(=O)c2ccc(C)cc2)cc1. The Morgan fingerprint density at radius 3 is 1.90 bits per heavy atom. The number of hydrogen-bond acceptors (Lipinski definition) is 5. The van der Waals surface area contributed by atoms with E-state index < -0.39 is 28.5 Å². The van der Waals surface area contributed by atoms with Gasteiger partial charge in [0.15, 0.2) is 0 Å². The molecule has 0 radical (unpaired) electrons. The number of benzene rings is 3. The van der Waals surface area contributed by atoms with Crippen LogP contribution in [-0.4, -0.2) is 50.9 Å². The van der Waals surface area contributed by atoms with E-state index in [2.05, 4.69) is 5.32 Å². The van der Waals surface area contributed by atoms with Crippen LogP contribution in [0.5, 0.6) is 5.75 Å². The van der Waals surface area contributed by atoms with Crippen molar-refractivity contribution in [1.29, 1.82) is 0 Å². The molecule has 3 rings (SSSR count). The number of sulfonamides is 1. The van der Waals surface area contributed by atoms with Crippen LogP contribution in [0.2, 0.25) is 0 Å². The van der Waals surface area contributed by atoms with Crippen LogP contribution in [0.4, 0.5) is 5.69 Å². The van der Waals surface area contributed by atoms with E-state index in [9.17, 15) is 18.0 Å². The summed E-state index contributed by atoms with van der Waals surface area (Å²) in [5.41, 5.74) is 3.11. The molecular weight excluding hydrogens is 514 g/mol. The van der Waals surface area contributed by atoms with Gasteiger partial charge in [-0.15, -0.1) is 0 Å². The van der Waals surface area contributed by atoms with Crippen molar-refractivity contribution in [1.82, 2.24) is 10.2 Å². The standard InChI is InChI=1S/C30H37N3O5S/c1-21(2)31-30(35)24(5)32(19-25-11-7-22(3)8-12-25)29(34)20-33(26-13-15-27(38-6)16-14-26)39(36,37)28-17-9-23(4)10-18-28/h7-18,21,24H,19-20H2,1-6H3,(H,31,35)/t24-/m1/s1. The van der Waals surface area contributed by atoms with Crippen molar-refractivity contribution in [2.45, 2.75) is 58.1 Å². The summed E-state index contributed by atoms with van der Waals surface area (Å²) in [7, 11) is -2.60. The van der Waals surface area contributed by atoms with Gasteiger partial charge >= 0.3 is 0 Å². The number of nitrogens with zero attached hydrogens (tertiary/aromatic N) is 2. The topological polar surface area (TPSA) is 96.0 Å². The molecule has 0 aromatic heterocycles. The summed E-state index contributed by atoms with van der Waals surface area (Å²) < 4.78 is 34.0. The molecule has 39 heavy (non-hydrogen) atoms. The first-order chi connectivity index (χ1) is 18.4. The number of hydrogen-bond donors (Lipinski definition) is 1. The first-order valence-electron chi connectivity index (χ1n) is 12.8. The zero-order valence-corrected chi connectivity index (χ0v) is 24.2. The molecule has 0 aliphatic heterocycles. The maximum absolute atomic E-state index is 13.9. The van der Waals surface area contributed by atoms with E-state index in [1.807, 2.05) is 52.0 Å². The lowest BCUT2D eigenvalue weighted by Gasteiger charge is -2.32.